The predicted molar refractivity (Wildman–Crippen MR) is 108 cm³/mol. The number of nitrogens with one attached hydrogen (secondary N) is 1. The molecular weight excluding hydrogens is 338 g/mol. The van der Waals surface area contributed by atoms with Gasteiger partial charge in [0.05, 0.1) is 12.2 Å². The minimum absolute atomic E-state index is 0.649. The zero-order valence-corrected chi connectivity index (χ0v) is 15.4. The SMILES string of the molecule is CN=C(NCc1nccc2ccccc12)N1CCN(c2ncccn2)CC1. The van der Waals surface area contributed by atoms with Crippen LogP contribution in [0.3, 0.4) is 0 Å². The van der Waals surface area contributed by atoms with Gasteiger partial charge in [0.15, 0.2) is 5.96 Å². The van der Waals surface area contributed by atoms with E-state index in [2.05, 4.69) is 53.3 Å². The highest BCUT2D eigenvalue weighted by atomic mass is 15.4. The number of hydrogen-bond acceptors (Lipinski definition) is 5. The minimum Gasteiger partial charge on any atom is -0.351 e. The Labute approximate surface area is 158 Å². The molecule has 0 saturated carbocycles. The molecule has 1 fully saturated rings. The minimum atomic E-state index is 0.649. The van der Waals surface area contributed by atoms with Crippen molar-refractivity contribution >= 4 is 22.7 Å². The van der Waals surface area contributed by atoms with Crippen LogP contribution in [-0.4, -0.2) is 59.0 Å². The summed E-state index contributed by atoms with van der Waals surface area (Å²) in [7, 11) is 1.82. The molecular formula is C20H23N7. The monoisotopic (exact) mass is 361 g/mol. The van der Waals surface area contributed by atoms with Crippen LogP contribution < -0.4 is 10.2 Å². The molecule has 1 aliphatic rings. The van der Waals surface area contributed by atoms with Crippen molar-refractivity contribution in [2.24, 2.45) is 4.99 Å². The molecule has 0 radical (unpaired) electrons. The van der Waals surface area contributed by atoms with Gasteiger partial charge < -0.3 is 15.1 Å². The van der Waals surface area contributed by atoms with E-state index in [9.17, 15) is 0 Å². The van der Waals surface area contributed by atoms with Crippen molar-refractivity contribution in [1.29, 1.82) is 0 Å². The van der Waals surface area contributed by atoms with E-state index in [1.165, 1.54) is 10.8 Å². The number of anilines is 1. The zero-order valence-electron chi connectivity index (χ0n) is 15.4. The Hall–Kier alpha value is -3.22. The van der Waals surface area contributed by atoms with E-state index in [1.807, 2.05) is 31.4 Å². The molecule has 7 nitrogen and oxygen atoms in total. The number of fused-ring (bicyclic) bond motifs is 1. The number of aromatic nitrogens is 3. The summed E-state index contributed by atoms with van der Waals surface area (Å²) in [5, 5.41) is 5.85. The summed E-state index contributed by atoms with van der Waals surface area (Å²) in [5.41, 5.74) is 1.03. The molecule has 4 rings (SSSR count). The summed E-state index contributed by atoms with van der Waals surface area (Å²) in [6, 6.07) is 12.2. The smallest absolute Gasteiger partial charge is 0.225 e. The predicted octanol–water partition coefficient (Wildman–Crippen LogP) is 1.92. The normalized spacial score (nSPS) is 15.2. The highest BCUT2D eigenvalue weighted by Crippen LogP contribution is 2.16. The van der Waals surface area contributed by atoms with Crippen molar-refractivity contribution < 1.29 is 0 Å². The lowest BCUT2D eigenvalue weighted by atomic mass is 10.1. The Morgan fingerprint density at radius 2 is 1.74 bits per heavy atom. The number of pyridine rings is 1. The molecule has 3 aromatic rings. The van der Waals surface area contributed by atoms with Gasteiger partial charge in [0, 0.05) is 57.2 Å². The molecule has 0 spiro atoms. The molecule has 1 aromatic carbocycles. The summed E-state index contributed by atoms with van der Waals surface area (Å²) in [6.45, 7) is 4.15. The molecule has 1 saturated heterocycles. The Balaban J connectivity index is 1.39. The fourth-order valence-corrected chi connectivity index (χ4v) is 3.39. The number of hydrogen-bond donors (Lipinski definition) is 1. The van der Waals surface area contributed by atoms with Crippen LogP contribution in [0.1, 0.15) is 5.69 Å². The second-order valence-corrected chi connectivity index (χ2v) is 6.40. The molecule has 1 N–H and O–H groups in total. The number of aliphatic imine (C=N–C) groups is 1. The van der Waals surface area contributed by atoms with Crippen molar-refractivity contribution in [3.8, 4) is 0 Å². The molecule has 0 bridgehead atoms. The zero-order chi connectivity index (χ0) is 18.5. The van der Waals surface area contributed by atoms with Gasteiger partial charge in [0.1, 0.15) is 0 Å². The van der Waals surface area contributed by atoms with Crippen molar-refractivity contribution in [1.82, 2.24) is 25.2 Å². The molecule has 0 atom stereocenters. The van der Waals surface area contributed by atoms with Crippen LogP contribution in [0.5, 0.6) is 0 Å². The van der Waals surface area contributed by atoms with E-state index in [0.717, 1.165) is 43.8 Å². The van der Waals surface area contributed by atoms with Crippen molar-refractivity contribution in [2.45, 2.75) is 6.54 Å². The van der Waals surface area contributed by atoms with Gasteiger partial charge in [0.2, 0.25) is 5.95 Å². The number of rotatable bonds is 3. The maximum atomic E-state index is 4.55. The first-order valence-corrected chi connectivity index (χ1v) is 9.15. The molecule has 1 aliphatic heterocycles. The van der Waals surface area contributed by atoms with Gasteiger partial charge in [-0.05, 0) is 17.5 Å². The first-order valence-electron chi connectivity index (χ1n) is 9.15. The van der Waals surface area contributed by atoms with E-state index < -0.39 is 0 Å². The van der Waals surface area contributed by atoms with Crippen molar-refractivity contribution in [3.05, 3.63) is 60.7 Å². The largest absolute Gasteiger partial charge is 0.351 e. The number of piperazine rings is 1. The quantitative estimate of drug-likeness (QED) is 0.568. The average Bonchev–Trinajstić information content (AvgIpc) is 2.75. The first-order chi connectivity index (χ1) is 13.3. The Morgan fingerprint density at radius 3 is 2.52 bits per heavy atom. The lowest BCUT2D eigenvalue weighted by molar-refractivity contribution is 0.370. The van der Waals surface area contributed by atoms with Gasteiger partial charge in [-0.15, -0.1) is 0 Å². The highest BCUT2D eigenvalue weighted by molar-refractivity contribution is 5.85. The number of nitrogens with zero attached hydrogens (tertiary/aromatic N) is 6. The van der Waals surface area contributed by atoms with Crippen LogP contribution in [0.4, 0.5) is 5.95 Å². The standard InChI is InChI=1S/C20H23N7/c1-21-19(25-15-18-17-6-3-2-5-16(17)7-10-22-18)26-11-13-27(14-12-26)20-23-8-4-9-24-20/h2-10H,11-15H2,1H3,(H,21,25). The van der Waals surface area contributed by atoms with Gasteiger partial charge in [0.25, 0.3) is 0 Å². The Bertz CT molecular complexity index is 913. The van der Waals surface area contributed by atoms with Crippen LogP contribution in [0, 0.1) is 0 Å². The lowest BCUT2D eigenvalue weighted by Crippen LogP contribution is -2.52. The maximum absolute atomic E-state index is 4.55. The van der Waals surface area contributed by atoms with Gasteiger partial charge in [-0.1, -0.05) is 24.3 Å². The molecule has 2 aromatic heterocycles. The van der Waals surface area contributed by atoms with Gasteiger partial charge >= 0.3 is 0 Å². The Morgan fingerprint density at radius 1 is 0.963 bits per heavy atom. The summed E-state index contributed by atoms with van der Waals surface area (Å²) in [6.07, 6.45) is 5.43. The topological polar surface area (TPSA) is 69.5 Å². The van der Waals surface area contributed by atoms with E-state index in [4.69, 9.17) is 0 Å². The summed E-state index contributed by atoms with van der Waals surface area (Å²) < 4.78 is 0. The van der Waals surface area contributed by atoms with E-state index >= 15 is 0 Å². The highest BCUT2D eigenvalue weighted by Gasteiger charge is 2.21. The van der Waals surface area contributed by atoms with E-state index in [-0.39, 0.29) is 0 Å². The molecule has 0 aliphatic carbocycles. The van der Waals surface area contributed by atoms with Crippen LogP contribution in [-0.2, 0) is 6.54 Å². The fourth-order valence-electron chi connectivity index (χ4n) is 3.39. The molecule has 138 valence electrons. The van der Waals surface area contributed by atoms with Crippen molar-refractivity contribution in [3.63, 3.8) is 0 Å². The lowest BCUT2D eigenvalue weighted by Gasteiger charge is -2.36. The maximum Gasteiger partial charge on any atom is 0.225 e. The van der Waals surface area contributed by atoms with Crippen LogP contribution in [0.25, 0.3) is 10.8 Å². The second kappa shape index (κ2) is 7.99. The molecule has 3 heterocycles. The van der Waals surface area contributed by atoms with Crippen LogP contribution >= 0.6 is 0 Å². The van der Waals surface area contributed by atoms with Crippen LogP contribution in [0.2, 0.25) is 0 Å². The molecule has 0 unspecified atom stereocenters. The van der Waals surface area contributed by atoms with Gasteiger partial charge in [-0.2, -0.15) is 0 Å². The van der Waals surface area contributed by atoms with Crippen molar-refractivity contribution in [2.75, 3.05) is 38.1 Å². The fraction of sp³-hybridized carbons (Fsp3) is 0.300. The van der Waals surface area contributed by atoms with Crippen LogP contribution in [0.15, 0.2) is 60.0 Å². The summed E-state index contributed by atoms with van der Waals surface area (Å²) in [5.74, 6) is 1.69. The third kappa shape index (κ3) is 3.81. The number of benzene rings is 1. The third-order valence-electron chi connectivity index (χ3n) is 4.80. The number of guanidine groups is 1. The summed E-state index contributed by atoms with van der Waals surface area (Å²) >= 11 is 0. The van der Waals surface area contributed by atoms with Gasteiger partial charge in [-0.3, -0.25) is 9.98 Å². The third-order valence-corrected chi connectivity index (χ3v) is 4.80. The molecule has 0 amide bonds. The van der Waals surface area contributed by atoms with Gasteiger partial charge in [-0.25, -0.2) is 9.97 Å². The van der Waals surface area contributed by atoms with E-state index in [0.29, 0.717) is 6.54 Å². The first kappa shape index (κ1) is 17.2. The van der Waals surface area contributed by atoms with E-state index in [1.54, 1.807) is 12.4 Å². The average molecular weight is 361 g/mol. The Kier molecular flexibility index (Phi) is 5.09. The molecule has 7 heteroatoms. The second-order valence-electron chi connectivity index (χ2n) is 6.40. The summed E-state index contributed by atoms with van der Waals surface area (Å²) in [4.78, 5) is 22.2. The molecule has 27 heavy (non-hydrogen) atoms.